The number of carbonyl (C=O) groups excluding carboxylic acids is 1. The van der Waals surface area contributed by atoms with E-state index in [0.29, 0.717) is 20.7 Å². The standard InChI is InChI=1S/C17H19Cl2N3OS/c1-11-3-2-6-22(8-11)9-13-10-24-17(20-13)21-16(23)14-5-4-12(18)7-15(14)19/h4-5,7,10-11H,2-3,6,8-9H2,1H3,(H,20,21,23). The van der Waals surface area contributed by atoms with Crippen LogP contribution in [0.15, 0.2) is 23.6 Å². The first-order valence-electron chi connectivity index (χ1n) is 7.94. The lowest BCUT2D eigenvalue weighted by Crippen LogP contribution is -2.33. The number of aromatic nitrogens is 1. The summed E-state index contributed by atoms with van der Waals surface area (Å²) in [5, 5.41) is 6.23. The molecule has 1 N–H and O–H groups in total. The summed E-state index contributed by atoms with van der Waals surface area (Å²) in [4.78, 5) is 19.2. The molecule has 0 aliphatic carbocycles. The van der Waals surface area contributed by atoms with Crippen LogP contribution in [0.1, 0.15) is 35.8 Å². The van der Waals surface area contributed by atoms with Crippen LogP contribution in [0.2, 0.25) is 10.0 Å². The first-order chi connectivity index (χ1) is 11.5. The molecular formula is C17H19Cl2N3OS. The predicted octanol–water partition coefficient (Wildman–Crippen LogP) is 4.93. The zero-order chi connectivity index (χ0) is 17.1. The lowest BCUT2D eigenvalue weighted by atomic mass is 10.0. The molecule has 3 rings (SSSR count). The molecule has 1 aromatic heterocycles. The van der Waals surface area contributed by atoms with Crippen LogP contribution in [0.5, 0.6) is 0 Å². The topological polar surface area (TPSA) is 45.2 Å². The molecular weight excluding hydrogens is 365 g/mol. The zero-order valence-corrected chi connectivity index (χ0v) is 15.7. The third-order valence-electron chi connectivity index (χ3n) is 4.07. The van der Waals surface area contributed by atoms with Crippen molar-refractivity contribution in [1.29, 1.82) is 0 Å². The maximum absolute atomic E-state index is 12.3. The number of hydrogen-bond donors (Lipinski definition) is 1. The van der Waals surface area contributed by atoms with E-state index in [-0.39, 0.29) is 5.91 Å². The van der Waals surface area contributed by atoms with Gasteiger partial charge in [0.2, 0.25) is 0 Å². The van der Waals surface area contributed by atoms with E-state index >= 15 is 0 Å². The van der Waals surface area contributed by atoms with E-state index in [1.165, 1.54) is 24.2 Å². The Morgan fingerprint density at radius 1 is 1.46 bits per heavy atom. The number of benzene rings is 1. The van der Waals surface area contributed by atoms with Gasteiger partial charge in [0, 0.05) is 23.5 Å². The summed E-state index contributed by atoms with van der Waals surface area (Å²) < 4.78 is 0. The van der Waals surface area contributed by atoms with Gasteiger partial charge in [-0.3, -0.25) is 15.0 Å². The van der Waals surface area contributed by atoms with Gasteiger partial charge in [0.15, 0.2) is 5.13 Å². The summed E-state index contributed by atoms with van der Waals surface area (Å²) in [5.41, 5.74) is 1.38. The SMILES string of the molecule is CC1CCCN(Cc2csc(NC(=O)c3ccc(Cl)cc3Cl)n2)C1. The van der Waals surface area contributed by atoms with Gasteiger partial charge in [-0.15, -0.1) is 11.3 Å². The van der Waals surface area contributed by atoms with Crippen molar-refractivity contribution in [3.8, 4) is 0 Å². The minimum Gasteiger partial charge on any atom is -0.298 e. The molecule has 0 radical (unpaired) electrons. The van der Waals surface area contributed by atoms with Crippen LogP contribution in [0.4, 0.5) is 5.13 Å². The Balaban J connectivity index is 1.62. The number of nitrogens with one attached hydrogen (secondary N) is 1. The van der Waals surface area contributed by atoms with Gasteiger partial charge in [0.25, 0.3) is 5.91 Å². The monoisotopic (exact) mass is 383 g/mol. The van der Waals surface area contributed by atoms with Crippen molar-refractivity contribution in [2.45, 2.75) is 26.3 Å². The highest BCUT2D eigenvalue weighted by Gasteiger charge is 2.18. The molecule has 24 heavy (non-hydrogen) atoms. The van der Waals surface area contributed by atoms with Crippen LogP contribution in [-0.4, -0.2) is 28.9 Å². The van der Waals surface area contributed by atoms with Crippen LogP contribution in [0, 0.1) is 5.92 Å². The summed E-state index contributed by atoms with van der Waals surface area (Å²) >= 11 is 13.4. The van der Waals surface area contributed by atoms with Gasteiger partial charge in [-0.05, 0) is 43.5 Å². The first-order valence-corrected chi connectivity index (χ1v) is 9.58. The van der Waals surface area contributed by atoms with Gasteiger partial charge in [0.05, 0.1) is 16.3 Å². The maximum atomic E-state index is 12.3. The smallest absolute Gasteiger partial charge is 0.258 e. The fraction of sp³-hybridized carbons (Fsp3) is 0.412. The Morgan fingerprint density at radius 3 is 3.04 bits per heavy atom. The number of piperidine rings is 1. The van der Waals surface area contributed by atoms with Gasteiger partial charge in [-0.1, -0.05) is 30.1 Å². The zero-order valence-electron chi connectivity index (χ0n) is 13.4. The van der Waals surface area contributed by atoms with Crippen molar-refractivity contribution >= 4 is 45.6 Å². The molecule has 1 atom stereocenters. The number of amides is 1. The number of carbonyl (C=O) groups is 1. The molecule has 2 aromatic rings. The minimum atomic E-state index is -0.274. The highest BCUT2D eigenvalue weighted by atomic mass is 35.5. The van der Waals surface area contributed by atoms with Gasteiger partial charge >= 0.3 is 0 Å². The lowest BCUT2D eigenvalue weighted by Gasteiger charge is -2.30. The summed E-state index contributed by atoms with van der Waals surface area (Å²) in [6, 6.07) is 4.82. The number of nitrogens with zero attached hydrogens (tertiary/aromatic N) is 2. The largest absolute Gasteiger partial charge is 0.298 e. The van der Waals surface area contributed by atoms with E-state index in [0.717, 1.165) is 31.2 Å². The van der Waals surface area contributed by atoms with Crippen molar-refractivity contribution in [3.63, 3.8) is 0 Å². The quantitative estimate of drug-likeness (QED) is 0.813. The van der Waals surface area contributed by atoms with Crippen LogP contribution in [0.3, 0.4) is 0 Å². The molecule has 0 saturated carbocycles. The molecule has 1 amide bonds. The van der Waals surface area contributed by atoms with Crippen molar-refractivity contribution in [2.75, 3.05) is 18.4 Å². The Kier molecular flexibility index (Phi) is 5.76. The molecule has 0 bridgehead atoms. The molecule has 1 unspecified atom stereocenters. The number of halogens is 2. The number of likely N-dealkylation sites (tertiary alicyclic amines) is 1. The van der Waals surface area contributed by atoms with Gasteiger partial charge < -0.3 is 0 Å². The molecule has 0 spiro atoms. The average Bonchev–Trinajstić information content (AvgIpc) is 2.94. The van der Waals surface area contributed by atoms with E-state index < -0.39 is 0 Å². The maximum Gasteiger partial charge on any atom is 0.258 e. The molecule has 2 heterocycles. The molecule has 1 saturated heterocycles. The molecule has 1 aliphatic rings. The summed E-state index contributed by atoms with van der Waals surface area (Å²) in [5.74, 6) is 0.466. The Hall–Kier alpha value is -1.14. The normalized spacial score (nSPS) is 18.5. The third-order valence-corrected chi connectivity index (χ3v) is 5.43. The second kappa shape index (κ2) is 7.83. The molecule has 7 heteroatoms. The summed E-state index contributed by atoms with van der Waals surface area (Å²) in [7, 11) is 0. The number of thiazole rings is 1. The van der Waals surface area contributed by atoms with Crippen LogP contribution in [0.25, 0.3) is 0 Å². The van der Waals surface area contributed by atoms with Crippen molar-refractivity contribution in [1.82, 2.24) is 9.88 Å². The fourth-order valence-corrected chi connectivity index (χ4v) is 4.13. The Bertz CT molecular complexity index is 734. The minimum absolute atomic E-state index is 0.274. The predicted molar refractivity (Wildman–Crippen MR) is 100 cm³/mol. The summed E-state index contributed by atoms with van der Waals surface area (Å²) in [6.07, 6.45) is 2.54. The van der Waals surface area contributed by atoms with Gasteiger partial charge in [0.1, 0.15) is 0 Å². The number of anilines is 1. The molecule has 128 valence electrons. The average molecular weight is 384 g/mol. The van der Waals surface area contributed by atoms with E-state index in [1.54, 1.807) is 18.2 Å². The van der Waals surface area contributed by atoms with Crippen LogP contribution in [-0.2, 0) is 6.54 Å². The first kappa shape index (κ1) is 17.7. The Labute approximate surface area is 155 Å². The highest BCUT2D eigenvalue weighted by molar-refractivity contribution is 7.14. The lowest BCUT2D eigenvalue weighted by molar-refractivity contribution is 0.102. The van der Waals surface area contributed by atoms with E-state index in [4.69, 9.17) is 23.2 Å². The number of rotatable bonds is 4. The Morgan fingerprint density at radius 2 is 2.29 bits per heavy atom. The molecule has 4 nitrogen and oxygen atoms in total. The van der Waals surface area contributed by atoms with E-state index in [2.05, 4.69) is 22.1 Å². The van der Waals surface area contributed by atoms with Gasteiger partial charge in [-0.2, -0.15) is 0 Å². The summed E-state index contributed by atoms with van der Waals surface area (Å²) in [6.45, 7) is 5.34. The van der Waals surface area contributed by atoms with Crippen LogP contribution < -0.4 is 5.32 Å². The van der Waals surface area contributed by atoms with Gasteiger partial charge in [-0.25, -0.2) is 4.98 Å². The second-order valence-electron chi connectivity index (χ2n) is 6.20. The highest BCUT2D eigenvalue weighted by Crippen LogP contribution is 2.24. The number of hydrogen-bond acceptors (Lipinski definition) is 4. The second-order valence-corrected chi connectivity index (χ2v) is 7.91. The molecule has 1 aromatic carbocycles. The van der Waals surface area contributed by atoms with Crippen molar-refractivity contribution in [3.05, 3.63) is 44.9 Å². The molecule has 1 fully saturated rings. The van der Waals surface area contributed by atoms with E-state index in [9.17, 15) is 4.79 Å². The van der Waals surface area contributed by atoms with Crippen LogP contribution >= 0.6 is 34.5 Å². The fourth-order valence-electron chi connectivity index (χ4n) is 2.93. The third kappa shape index (κ3) is 4.48. The molecule has 1 aliphatic heterocycles. The van der Waals surface area contributed by atoms with E-state index in [1.807, 2.05) is 5.38 Å². The van der Waals surface area contributed by atoms with Crippen molar-refractivity contribution < 1.29 is 4.79 Å². The van der Waals surface area contributed by atoms with Crippen molar-refractivity contribution in [2.24, 2.45) is 5.92 Å².